The summed E-state index contributed by atoms with van der Waals surface area (Å²) in [5, 5.41) is 5.31. The predicted octanol–water partition coefficient (Wildman–Crippen LogP) is 2.10. The Labute approximate surface area is 84.6 Å². The maximum Gasteiger partial charge on any atom is 0.0502 e. The fourth-order valence-corrected chi connectivity index (χ4v) is 2.13. The summed E-state index contributed by atoms with van der Waals surface area (Å²) in [5.41, 5.74) is 1.38. The molecule has 0 atom stereocenters. The van der Waals surface area contributed by atoms with Crippen molar-refractivity contribution in [2.45, 2.75) is 13.3 Å². The first-order valence-corrected chi connectivity index (χ1v) is 5.53. The van der Waals surface area contributed by atoms with Crippen LogP contribution in [0.2, 0.25) is 0 Å². The molecule has 0 fully saturated rings. The summed E-state index contributed by atoms with van der Waals surface area (Å²) < 4.78 is 0. The van der Waals surface area contributed by atoms with E-state index >= 15 is 0 Å². The normalized spacial score (nSPS) is 10.4. The van der Waals surface area contributed by atoms with Crippen LogP contribution in [-0.2, 0) is 0 Å². The van der Waals surface area contributed by atoms with Crippen LogP contribution in [0.4, 0.5) is 5.69 Å². The van der Waals surface area contributed by atoms with Crippen LogP contribution in [0.3, 0.4) is 0 Å². The number of aryl methyl sites for hydroxylation is 1. The van der Waals surface area contributed by atoms with Gasteiger partial charge in [0.05, 0.1) is 5.69 Å². The Kier molecular flexibility index (Phi) is 4.25. The smallest absolute Gasteiger partial charge is 0.0502 e. The zero-order valence-corrected chi connectivity index (χ0v) is 9.45. The number of hydrogen-bond acceptors (Lipinski definition) is 3. The minimum absolute atomic E-state index is 1.09. The van der Waals surface area contributed by atoms with E-state index in [0.717, 1.165) is 13.1 Å². The van der Waals surface area contributed by atoms with Crippen LogP contribution in [0.25, 0.3) is 0 Å². The first-order valence-electron chi connectivity index (χ1n) is 4.65. The first kappa shape index (κ1) is 10.5. The van der Waals surface area contributed by atoms with Crippen molar-refractivity contribution in [1.29, 1.82) is 0 Å². The van der Waals surface area contributed by atoms with Crippen molar-refractivity contribution in [1.82, 2.24) is 5.32 Å². The van der Waals surface area contributed by atoms with E-state index in [1.165, 1.54) is 17.0 Å². The number of hydrogen-bond donors (Lipinski definition) is 1. The fraction of sp³-hybridized carbons (Fsp3) is 0.600. The Morgan fingerprint density at radius 1 is 1.54 bits per heavy atom. The van der Waals surface area contributed by atoms with Gasteiger partial charge in [-0.15, -0.1) is 11.3 Å². The van der Waals surface area contributed by atoms with Gasteiger partial charge in [0.15, 0.2) is 0 Å². The summed E-state index contributed by atoms with van der Waals surface area (Å²) in [6, 6.07) is 2.19. The van der Waals surface area contributed by atoms with Crippen LogP contribution in [0.5, 0.6) is 0 Å². The third-order valence-electron chi connectivity index (χ3n) is 2.16. The van der Waals surface area contributed by atoms with Crippen molar-refractivity contribution in [3.8, 4) is 0 Å². The second-order valence-corrected chi connectivity index (χ2v) is 4.36. The molecule has 1 rings (SSSR count). The zero-order chi connectivity index (χ0) is 9.68. The van der Waals surface area contributed by atoms with Crippen molar-refractivity contribution in [3.05, 3.63) is 16.3 Å². The van der Waals surface area contributed by atoms with Crippen molar-refractivity contribution >= 4 is 17.0 Å². The summed E-state index contributed by atoms with van der Waals surface area (Å²) >= 11 is 1.81. The van der Waals surface area contributed by atoms with E-state index in [4.69, 9.17) is 0 Å². The Balaban J connectivity index is 2.39. The maximum atomic E-state index is 3.16. The number of anilines is 1. The van der Waals surface area contributed by atoms with Gasteiger partial charge in [0.25, 0.3) is 0 Å². The highest BCUT2D eigenvalue weighted by atomic mass is 32.1. The van der Waals surface area contributed by atoms with Crippen molar-refractivity contribution in [2.24, 2.45) is 0 Å². The molecule has 0 aromatic carbocycles. The van der Waals surface area contributed by atoms with Crippen molar-refractivity contribution in [2.75, 3.05) is 32.1 Å². The summed E-state index contributed by atoms with van der Waals surface area (Å²) in [6.07, 6.45) is 1.20. The highest BCUT2D eigenvalue weighted by molar-refractivity contribution is 7.10. The van der Waals surface area contributed by atoms with Crippen LogP contribution in [-0.4, -0.2) is 27.2 Å². The largest absolute Gasteiger partial charge is 0.374 e. The van der Waals surface area contributed by atoms with Gasteiger partial charge in [0.2, 0.25) is 0 Å². The van der Waals surface area contributed by atoms with Gasteiger partial charge < -0.3 is 10.2 Å². The summed E-state index contributed by atoms with van der Waals surface area (Å²) in [4.78, 5) is 3.73. The molecule has 0 spiro atoms. The fourth-order valence-electron chi connectivity index (χ4n) is 1.39. The van der Waals surface area contributed by atoms with E-state index in [1.807, 2.05) is 18.4 Å². The third kappa shape index (κ3) is 3.01. The summed E-state index contributed by atoms with van der Waals surface area (Å²) in [5.74, 6) is 0. The number of nitrogens with one attached hydrogen (secondary N) is 1. The van der Waals surface area contributed by atoms with E-state index in [0.29, 0.717) is 0 Å². The molecule has 2 nitrogen and oxygen atoms in total. The van der Waals surface area contributed by atoms with Gasteiger partial charge in [-0.1, -0.05) is 0 Å². The molecule has 0 amide bonds. The molecule has 1 N–H and O–H groups in total. The monoisotopic (exact) mass is 198 g/mol. The minimum atomic E-state index is 1.09. The molecule has 0 saturated heterocycles. The van der Waals surface area contributed by atoms with Crippen LogP contribution < -0.4 is 10.2 Å². The van der Waals surface area contributed by atoms with Crippen molar-refractivity contribution < 1.29 is 0 Å². The molecule has 0 aliphatic rings. The average Bonchev–Trinajstić information content (AvgIpc) is 2.52. The minimum Gasteiger partial charge on any atom is -0.374 e. The topological polar surface area (TPSA) is 15.3 Å². The molecule has 1 heterocycles. The van der Waals surface area contributed by atoms with Crippen molar-refractivity contribution in [3.63, 3.8) is 0 Å². The van der Waals surface area contributed by atoms with Crippen LogP contribution in [0.1, 0.15) is 11.3 Å². The molecule has 0 saturated carbocycles. The van der Waals surface area contributed by atoms with Crippen LogP contribution >= 0.6 is 11.3 Å². The molecule has 13 heavy (non-hydrogen) atoms. The molecular weight excluding hydrogens is 180 g/mol. The SMILES string of the molecule is CNCCCN(C)c1ccsc1C. The Bertz CT molecular complexity index is 245. The second kappa shape index (κ2) is 5.25. The molecule has 3 heteroatoms. The van der Waals surface area contributed by atoms with E-state index in [2.05, 4.69) is 35.6 Å². The van der Waals surface area contributed by atoms with Gasteiger partial charge in [-0.05, 0) is 38.4 Å². The second-order valence-electron chi connectivity index (χ2n) is 3.24. The maximum absolute atomic E-state index is 3.16. The molecule has 1 aromatic rings. The van der Waals surface area contributed by atoms with Gasteiger partial charge >= 0.3 is 0 Å². The molecule has 0 aliphatic carbocycles. The van der Waals surface area contributed by atoms with Gasteiger partial charge in [-0.25, -0.2) is 0 Å². The standard InChI is InChI=1S/C10H18N2S/c1-9-10(5-8-13-9)12(3)7-4-6-11-2/h5,8,11H,4,6-7H2,1-3H3. The first-order chi connectivity index (χ1) is 6.25. The number of thiophene rings is 1. The summed E-state index contributed by atoms with van der Waals surface area (Å²) in [7, 11) is 4.15. The number of nitrogens with zero attached hydrogens (tertiary/aromatic N) is 1. The zero-order valence-electron chi connectivity index (χ0n) is 8.63. The predicted molar refractivity (Wildman–Crippen MR) is 60.9 cm³/mol. The van der Waals surface area contributed by atoms with E-state index in [9.17, 15) is 0 Å². The lowest BCUT2D eigenvalue weighted by Crippen LogP contribution is -2.22. The van der Waals surface area contributed by atoms with Gasteiger partial charge in [-0.2, -0.15) is 0 Å². The lowest BCUT2D eigenvalue weighted by atomic mass is 10.3. The van der Waals surface area contributed by atoms with E-state index < -0.39 is 0 Å². The van der Waals surface area contributed by atoms with E-state index in [1.54, 1.807) is 0 Å². The highest BCUT2D eigenvalue weighted by Gasteiger charge is 2.03. The average molecular weight is 198 g/mol. The molecular formula is C10H18N2S. The van der Waals surface area contributed by atoms with Gasteiger partial charge in [0, 0.05) is 18.5 Å². The molecule has 74 valence electrons. The molecule has 0 unspecified atom stereocenters. The van der Waals surface area contributed by atoms with E-state index in [-0.39, 0.29) is 0 Å². The highest BCUT2D eigenvalue weighted by Crippen LogP contribution is 2.23. The van der Waals surface area contributed by atoms with Crippen LogP contribution in [0.15, 0.2) is 11.4 Å². The Morgan fingerprint density at radius 3 is 2.85 bits per heavy atom. The Morgan fingerprint density at radius 2 is 2.31 bits per heavy atom. The molecule has 0 bridgehead atoms. The van der Waals surface area contributed by atoms with Crippen LogP contribution in [0, 0.1) is 6.92 Å². The third-order valence-corrected chi connectivity index (χ3v) is 3.00. The lowest BCUT2D eigenvalue weighted by Gasteiger charge is -2.18. The summed E-state index contributed by atoms with van der Waals surface area (Å²) in [6.45, 7) is 4.39. The Hall–Kier alpha value is -0.540. The quantitative estimate of drug-likeness (QED) is 0.729. The lowest BCUT2D eigenvalue weighted by molar-refractivity contribution is 0.713. The van der Waals surface area contributed by atoms with Gasteiger partial charge in [0.1, 0.15) is 0 Å². The molecule has 0 radical (unpaired) electrons. The van der Waals surface area contributed by atoms with Gasteiger partial charge in [-0.3, -0.25) is 0 Å². The number of rotatable bonds is 5. The molecule has 0 aliphatic heterocycles. The molecule has 1 aromatic heterocycles.